The molecule has 0 amide bonds. The SMILES string of the molecule is CC1(c2ccncc2)N=C(c2ccccc2)C(=S)N1. The molecule has 2 heterocycles. The average molecular weight is 267 g/mol. The third-order valence-corrected chi connectivity index (χ3v) is 3.49. The summed E-state index contributed by atoms with van der Waals surface area (Å²) in [5.74, 6) is 0. The third kappa shape index (κ3) is 2.15. The molecule has 1 N–H and O–H groups in total. The Kier molecular flexibility index (Phi) is 2.87. The first-order chi connectivity index (χ1) is 9.19. The molecule has 0 aliphatic carbocycles. The molecule has 0 saturated heterocycles. The molecule has 1 atom stereocenters. The molecule has 1 unspecified atom stereocenters. The van der Waals surface area contributed by atoms with E-state index in [9.17, 15) is 0 Å². The van der Waals surface area contributed by atoms with Crippen LogP contribution in [0.5, 0.6) is 0 Å². The number of aliphatic imine (C=N–C) groups is 1. The molecule has 0 spiro atoms. The van der Waals surface area contributed by atoms with E-state index in [0.717, 1.165) is 16.8 Å². The fourth-order valence-corrected chi connectivity index (χ4v) is 2.55. The first kappa shape index (κ1) is 12.0. The zero-order valence-electron chi connectivity index (χ0n) is 10.5. The Balaban J connectivity index is 2.04. The van der Waals surface area contributed by atoms with Crippen molar-refractivity contribution in [2.24, 2.45) is 4.99 Å². The number of hydrogen-bond acceptors (Lipinski definition) is 3. The van der Waals surface area contributed by atoms with Crippen LogP contribution >= 0.6 is 12.2 Å². The first-order valence-corrected chi connectivity index (χ1v) is 6.48. The summed E-state index contributed by atoms with van der Waals surface area (Å²) in [6.45, 7) is 2.02. The van der Waals surface area contributed by atoms with Gasteiger partial charge in [0.05, 0.1) is 0 Å². The molecule has 0 fully saturated rings. The molecular weight excluding hydrogens is 254 g/mol. The summed E-state index contributed by atoms with van der Waals surface area (Å²) in [4.78, 5) is 9.50. The molecule has 4 heteroatoms. The Bertz CT molecular complexity index is 637. The summed E-state index contributed by atoms with van der Waals surface area (Å²) >= 11 is 5.41. The van der Waals surface area contributed by atoms with Crippen LogP contribution in [0.3, 0.4) is 0 Å². The van der Waals surface area contributed by atoms with Crippen LogP contribution in [0.1, 0.15) is 18.1 Å². The Morgan fingerprint density at radius 3 is 2.42 bits per heavy atom. The smallest absolute Gasteiger partial charge is 0.154 e. The number of aromatic nitrogens is 1. The molecule has 0 saturated carbocycles. The Hall–Kier alpha value is -2.07. The maximum atomic E-state index is 5.41. The minimum absolute atomic E-state index is 0.509. The maximum Gasteiger partial charge on any atom is 0.154 e. The summed E-state index contributed by atoms with van der Waals surface area (Å²) < 4.78 is 0. The molecule has 19 heavy (non-hydrogen) atoms. The summed E-state index contributed by atoms with van der Waals surface area (Å²) in [6.07, 6.45) is 3.53. The van der Waals surface area contributed by atoms with Gasteiger partial charge in [0.1, 0.15) is 10.7 Å². The zero-order valence-corrected chi connectivity index (χ0v) is 11.3. The highest BCUT2D eigenvalue weighted by Crippen LogP contribution is 2.27. The van der Waals surface area contributed by atoms with Crippen LogP contribution in [-0.2, 0) is 5.66 Å². The molecule has 94 valence electrons. The largest absolute Gasteiger partial charge is 0.347 e. The topological polar surface area (TPSA) is 37.3 Å². The quantitative estimate of drug-likeness (QED) is 0.850. The van der Waals surface area contributed by atoms with E-state index in [-0.39, 0.29) is 0 Å². The number of nitrogens with one attached hydrogen (secondary N) is 1. The highest BCUT2D eigenvalue weighted by Gasteiger charge is 2.34. The minimum Gasteiger partial charge on any atom is -0.347 e. The molecule has 1 aromatic carbocycles. The van der Waals surface area contributed by atoms with Crippen LogP contribution < -0.4 is 5.32 Å². The molecule has 3 nitrogen and oxygen atoms in total. The van der Waals surface area contributed by atoms with Crippen LogP contribution in [0.2, 0.25) is 0 Å². The number of rotatable bonds is 2. The second-order valence-electron chi connectivity index (χ2n) is 4.59. The van der Waals surface area contributed by atoms with E-state index in [1.165, 1.54) is 0 Å². The van der Waals surface area contributed by atoms with Crippen molar-refractivity contribution in [1.29, 1.82) is 0 Å². The van der Waals surface area contributed by atoms with Gasteiger partial charge in [0, 0.05) is 23.5 Å². The van der Waals surface area contributed by atoms with E-state index in [0.29, 0.717) is 4.99 Å². The number of thiocarbonyl (C=S) groups is 1. The summed E-state index contributed by atoms with van der Waals surface area (Å²) in [7, 11) is 0. The van der Waals surface area contributed by atoms with E-state index in [1.807, 2.05) is 49.4 Å². The lowest BCUT2D eigenvalue weighted by Crippen LogP contribution is -2.36. The van der Waals surface area contributed by atoms with Crippen molar-refractivity contribution in [2.45, 2.75) is 12.6 Å². The second kappa shape index (κ2) is 4.55. The molecule has 0 radical (unpaired) electrons. The molecule has 0 bridgehead atoms. The van der Waals surface area contributed by atoms with E-state index in [1.54, 1.807) is 12.4 Å². The van der Waals surface area contributed by atoms with Crippen molar-refractivity contribution in [3.63, 3.8) is 0 Å². The van der Waals surface area contributed by atoms with Crippen molar-refractivity contribution in [3.8, 4) is 0 Å². The van der Waals surface area contributed by atoms with Gasteiger partial charge in [0.15, 0.2) is 5.66 Å². The molecule has 2 aromatic rings. The van der Waals surface area contributed by atoms with Crippen LogP contribution in [0, 0.1) is 0 Å². The number of pyridine rings is 1. The predicted octanol–water partition coefficient (Wildman–Crippen LogP) is 2.67. The van der Waals surface area contributed by atoms with Gasteiger partial charge in [-0.1, -0.05) is 42.5 Å². The molecule has 1 aromatic heterocycles. The normalized spacial score (nSPS) is 21.9. The number of hydrogen-bond donors (Lipinski definition) is 1. The minimum atomic E-state index is -0.509. The monoisotopic (exact) mass is 267 g/mol. The number of nitrogens with zero attached hydrogens (tertiary/aromatic N) is 2. The summed E-state index contributed by atoms with van der Waals surface area (Å²) in [6, 6.07) is 13.9. The molecule has 1 aliphatic heterocycles. The van der Waals surface area contributed by atoms with Crippen molar-refractivity contribution in [1.82, 2.24) is 10.3 Å². The highest BCUT2D eigenvalue weighted by atomic mass is 32.1. The van der Waals surface area contributed by atoms with Gasteiger partial charge in [-0.25, -0.2) is 4.99 Å². The molecule has 3 rings (SSSR count). The first-order valence-electron chi connectivity index (χ1n) is 6.07. The van der Waals surface area contributed by atoms with E-state index in [2.05, 4.69) is 10.3 Å². The highest BCUT2D eigenvalue weighted by molar-refractivity contribution is 7.82. The van der Waals surface area contributed by atoms with Gasteiger partial charge in [0.2, 0.25) is 0 Å². The Morgan fingerprint density at radius 1 is 1.05 bits per heavy atom. The van der Waals surface area contributed by atoms with Gasteiger partial charge in [-0.15, -0.1) is 0 Å². The van der Waals surface area contributed by atoms with Crippen LogP contribution in [-0.4, -0.2) is 15.7 Å². The molecule has 1 aliphatic rings. The van der Waals surface area contributed by atoms with Crippen molar-refractivity contribution in [2.75, 3.05) is 0 Å². The van der Waals surface area contributed by atoms with Gasteiger partial charge >= 0.3 is 0 Å². The fourth-order valence-electron chi connectivity index (χ4n) is 2.19. The Labute approximate surface area is 117 Å². The van der Waals surface area contributed by atoms with Crippen molar-refractivity contribution < 1.29 is 0 Å². The second-order valence-corrected chi connectivity index (χ2v) is 5.00. The van der Waals surface area contributed by atoms with Gasteiger partial charge < -0.3 is 5.32 Å². The summed E-state index contributed by atoms with van der Waals surface area (Å²) in [5.41, 5.74) is 2.43. The zero-order chi connectivity index (χ0) is 13.3. The maximum absolute atomic E-state index is 5.41. The van der Waals surface area contributed by atoms with E-state index < -0.39 is 5.66 Å². The van der Waals surface area contributed by atoms with Gasteiger partial charge in [0.25, 0.3) is 0 Å². The Morgan fingerprint density at radius 2 is 1.74 bits per heavy atom. The predicted molar refractivity (Wildman–Crippen MR) is 80.3 cm³/mol. The lowest BCUT2D eigenvalue weighted by molar-refractivity contribution is 0.480. The third-order valence-electron chi connectivity index (χ3n) is 3.20. The van der Waals surface area contributed by atoms with Crippen LogP contribution in [0.4, 0.5) is 0 Å². The molecular formula is C15H13N3S. The summed E-state index contributed by atoms with van der Waals surface area (Å²) in [5, 5.41) is 3.30. The van der Waals surface area contributed by atoms with Gasteiger partial charge in [-0.05, 0) is 19.1 Å². The number of benzene rings is 1. The van der Waals surface area contributed by atoms with E-state index in [4.69, 9.17) is 17.2 Å². The van der Waals surface area contributed by atoms with Crippen molar-refractivity contribution in [3.05, 3.63) is 66.0 Å². The van der Waals surface area contributed by atoms with Gasteiger partial charge in [-0.2, -0.15) is 0 Å². The van der Waals surface area contributed by atoms with Crippen LogP contribution in [0.25, 0.3) is 0 Å². The standard InChI is InChI=1S/C15H13N3S/c1-15(12-7-9-16-10-8-12)17-13(14(19)18-15)11-5-3-2-4-6-11/h2-10H,1H3,(H,18,19). The lowest BCUT2D eigenvalue weighted by Gasteiger charge is -2.21. The van der Waals surface area contributed by atoms with Crippen molar-refractivity contribution >= 4 is 22.9 Å². The fraction of sp³-hybridized carbons (Fsp3) is 0.133. The van der Waals surface area contributed by atoms with E-state index >= 15 is 0 Å². The average Bonchev–Trinajstić information content (AvgIpc) is 2.77. The van der Waals surface area contributed by atoms with Gasteiger partial charge in [-0.3, -0.25) is 4.98 Å². The van der Waals surface area contributed by atoms with Crippen LogP contribution in [0.15, 0.2) is 59.9 Å². The lowest BCUT2D eigenvalue weighted by atomic mass is 10.1.